The van der Waals surface area contributed by atoms with Crippen molar-refractivity contribution in [3.63, 3.8) is 0 Å². The number of nitrogens with one attached hydrogen (secondary N) is 2. The van der Waals surface area contributed by atoms with Gasteiger partial charge in [-0.25, -0.2) is 0 Å². The highest BCUT2D eigenvalue weighted by molar-refractivity contribution is 9.10. The highest BCUT2D eigenvalue weighted by Crippen LogP contribution is 2.18. The quantitative estimate of drug-likeness (QED) is 0.895. The molecule has 2 atom stereocenters. The molecule has 1 aromatic carbocycles. The van der Waals surface area contributed by atoms with Gasteiger partial charge in [-0.15, -0.1) is 0 Å². The van der Waals surface area contributed by atoms with Crippen LogP contribution in [0.4, 0.5) is 0 Å². The van der Waals surface area contributed by atoms with Gasteiger partial charge in [-0.05, 0) is 57.0 Å². The standard InChI is InChI=1S/C14H21BrN2/c1-11(12-4-6-13(15)7-5-12)17-14-3-2-9-16-10-8-14/h4-7,11,14,16-17H,2-3,8-10H2,1H3/t11-,14?/m0/s1. The minimum atomic E-state index is 0.436. The molecule has 1 fully saturated rings. The van der Waals surface area contributed by atoms with Gasteiger partial charge in [-0.1, -0.05) is 28.1 Å². The van der Waals surface area contributed by atoms with Crippen molar-refractivity contribution in [3.05, 3.63) is 34.3 Å². The van der Waals surface area contributed by atoms with Gasteiger partial charge in [0.15, 0.2) is 0 Å². The lowest BCUT2D eigenvalue weighted by molar-refractivity contribution is 0.421. The number of benzene rings is 1. The monoisotopic (exact) mass is 296 g/mol. The summed E-state index contributed by atoms with van der Waals surface area (Å²) in [4.78, 5) is 0. The summed E-state index contributed by atoms with van der Waals surface area (Å²) in [7, 11) is 0. The van der Waals surface area contributed by atoms with Crippen LogP contribution in [0.25, 0.3) is 0 Å². The molecule has 1 unspecified atom stereocenters. The molecule has 17 heavy (non-hydrogen) atoms. The Hall–Kier alpha value is -0.380. The van der Waals surface area contributed by atoms with Crippen molar-refractivity contribution in [2.45, 2.75) is 38.3 Å². The number of halogens is 1. The van der Waals surface area contributed by atoms with E-state index < -0.39 is 0 Å². The van der Waals surface area contributed by atoms with E-state index in [2.05, 4.69) is 57.8 Å². The molecule has 0 bridgehead atoms. The molecule has 94 valence electrons. The summed E-state index contributed by atoms with van der Waals surface area (Å²) in [6.45, 7) is 4.57. The fourth-order valence-electron chi connectivity index (χ4n) is 2.39. The van der Waals surface area contributed by atoms with Gasteiger partial charge in [0, 0.05) is 16.6 Å². The predicted octanol–water partition coefficient (Wildman–Crippen LogP) is 3.24. The summed E-state index contributed by atoms with van der Waals surface area (Å²) in [6, 6.07) is 9.70. The molecule has 0 amide bonds. The number of hydrogen-bond donors (Lipinski definition) is 2. The molecular weight excluding hydrogens is 276 g/mol. The van der Waals surface area contributed by atoms with E-state index in [1.165, 1.54) is 31.4 Å². The highest BCUT2D eigenvalue weighted by Gasteiger charge is 2.14. The van der Waals surface area contributed by atoms with E-state index in [0.29, 0.717) is 12.1 Å². The van der Waals surface area contributed by atoms with Crippen LogP contribution in [-0.4, -0.2) is 19.1 Å². The normalized spacial score (nSPS) is 23.1. The van der Waals surface area contributed by atoms with Crippen LogP contribution in [0.5, 0.6) is 0 Å². The van der Waals surface area contributed by atoms with Crippen molar-refractivity contribution >= 4 is 15.9 Å². The Morgan fingerprint density at radius 2 is 2.00 bits per heavy atom. The Morgan fingerprint density at radius 3 is 2.76 bits per heavy atom. The van der Waals surface area contributed by atoms with Crippen molar-refractivity contribution in [2.75, 3.05) is 13.1 Å². The van der Waals surface area contributed by atoms with E-state index >= 15 is 0 Å². The summed E-state index contributed by atoms with van der Waals surface area (Å²) in [5, 5.41) is 7.19. The van der Waals surface area contributed by atoms with Gasteiger partial charge in [0.2, 0.25) is 0 Å². The molecule has 0 saturated carbocycles. The van der Waals surface area contributed by atoms with Crippen molar-refractivity contribution in [1.82, 2.24) is 10.6 Å². The SMILES string of the molecule is C[C@H](NC1CCCNCC1)c1ccc(Br)cc1. The maximum atomic E-state index is 3.74. The summed E-state index contributed by atoms with van der Waals surface area (Å²) in [6.07, 6.45) is 3.81. The summed E-state index contributed by atoms with van der Waals surface area (Å²) in [5.41, 5.74) is 1.37. The second-order valence-corrected chi connectivity index (χ2v) is 5.73. The Balaban J connectivity index is 1.91. The summed E-state index contributed by atoms with van der Waals surface area (Å²) >= 11 is 3.47. The van der Waals surface area contributed by atoms with Gasteiger partial charge in [0.05, 0.1) is 0 Å². The van der Waals surface area contributed by atoms with Gasteiger partial charge in [0.1, 0.15) is 0 Å². The lowest BCUT2D eigenvalue weighted by Gasteiger charge is -2.22. The summed E-state index contributed by atoms with van der Waals surface area (Å²) in [5.74, 6) is 0. The lowest BCUT2D eigenvalue weighted by atomic mass is 10.0. The van der Waals surface area contributed by atoms with Crippen LogP contribution in [0.15, 0.2) is 28.7 Å². The average Bonchev–Trinajstić information content (AvgIpc) is 2.58. The summed E-state index contributed by atoms with van der Waals surface area (Å²) < 4.78 is 1.15. The maximum Gasteiger partial charge on any atom is 0.0294 e. The first-order chi connectivity index (χ1) is 8.25. The van der Waals surface area contributed by atoms with Crippen LogP contribution >= 0.6 is 15.9 Å². The molecular formula is C14H21BrN2. The van der Waals surface area contributed by atoms with Gasteiger partial charge < -0.3 is 10.6 Å². The fourth-order valence-corrected chi connectivity index (χ4v) is 2.65. The number of rotatable bonds is 3. The van der Waals surface area contributed by atoms with Crippen LogP contribution in [0.1, 0.15) is 37.8 Å². The van der Waals surface area contributed by atoms with Crippen LogP contribution in [0.2, 0.25) is 0 Å². The second kappa shape index (κ2) is 6.53. The first-order valence-electron chi connectivity index (χ1n) is 6.48. The van der Waals surface area contributed by atoms with Gasteiger partial charge >= 0.3 is 0 Å². The van der Waals surface area contributed by atoms with Crippen molar-refractivity contribution in [2.24, 2.45) is 0 Å². The minimum Gasteiger partial charge on any atom is -0.317 e. The lowest BCUT2D eigenvalue weighted by Crippen LogP contribution is -2.32. The Kier molecular flexibility index (Phi) is 5.01. The second-order valence-electron chi connectivity index (χ2n) is 4.82. The van der Waals surface area contributed by atoms with E-state index in [1.807, 2.05) is 0 Å². The zero-order chi connectivity index (χ0) is 12.1. The van der Waals surface area contributed by atoms with E-state index in [0.717, 1.165) is 11.0 Å². The largest absolute Gasteiger partial charge is 0.317 e. The molecule has 1 heterocycles. The molecule has 0 spiro atoms. The molecule has 0 aromatic heterocycles. The molecule has 3 heteroatoms. The zero-order valence-corrected chi connectivity index (χ0v) is 12.0. The minimum absolute atomic E-state index is 0.436. The molecule has 1 saturated heterocycles. The van der Waals surface area contributed by atoms with E-state index in [-0.39, 0.29) is 0 Å². The zero-order valence-electron chi connectivity index (χ0n) is 10.4. The highest BCUT2D eigenvalue weighted by atomic mass is 79.9. The predicted molar refractivity (Wildman–Crippen MR) is 76.2 cm³/mol. The first kappa shape index (κ1) is 13.1. The van der Waals surface area contributed by atoms with Gasteiger partial charge in [0.25, 0.3) is 0 Å². The number of hydrogen-bond acceptors (Lipinski definition) is 2. The van der Waals surface area contributed by atoms with Crippen molar-refractivity contribution in [1.29, 1.82) is 0 Å². The van der Waals surface area contributed by atoms with Crippen LogP contribution < -0.4 is 10.6 Å². The molecule has 1 aliphatic heterocycles. The fraction of sp³-hybridized carbons (Fsp3) is 0.571. The Morgan fingerprint density at radius 1 is 1.24 bits per heavy atom. The first-order valence-corrected chi connectivity index (χ1v) is 7.27. The van der Waals surface area contributed by atoms with E-state index in [4.69, 9.17) is 0 Å². The topological polar surface area (TPSA) is 24.1 Å². The molecule has 2 nitrogen and oxygen atoms in total. The molecule has 2 rings (SSSR count). The maximum absolute atomic E-state index is 3.74. The van der Waals surface area contributed by atoms with Gasteiger partial charge in [-0.3, -0.25) is 0 Å². The Labute approximate surface area is 112 Å². The van der Waals surface area contributed by atoms with Crippen molar-refractivity contribution in [3.8, 4) is 0 Å². The molecule has 1 aromatic rings. The molecule has 0 radical (unpaired) electrons. The molecule has 1 aliphatic rings. The van der Waals surface area contributed by atoms with E-state index in [9.17, 15) is 0 Å². The van der Waals surface area contributed by atoms with Crippen LogP contribution in [0.3, 0.4) is 0 Å². The third-order valence-corrected chi connectivity index (χ3v) is 3.96. The molecule has 0 aliphatic carbocycles. The third-order valence-electron chi connectivity index (χ3n) is 3.43. The third kappa shape index (κ3) is 4.09. The Bertz CT molecular complexity index is 329. The van der Waals surface area contributed by atoms with Crippen LogP contribution in [0, 0.1) is 0 Å². The van der Waals surface area contributed by atoms with E-state index in [1.54, 1.807) is 0 Å². The smallest absolute Gasteiger partial charge is 0.0294 e. The van der Waals surface area contributed by atoms with Gasteiger partial charge in [-0.2, -0.15) is 0 Å². The molecule has 2 N–H and O–H groups in total. The average molecular weight is 297 g/mol. The van der Waals surface area contributed by atoms with Crippen LogP contribution in [-0.2, 0) is 0 Å². The van der Waals surface area contributed by atoms with Crippen molar-refractivity contribution < 1.29 is 0 Å².